The van der Waals surface area contributed by atoms with Gasteiger partial charge in [-0.2, -0.15) is 5.53 Å². The first-order valence-electron chi connectivity index (χ1n) is 16.4. The van der Waals surface area contributed by atoms with Crippen LogP contribution in [0.1, 0.15) is 108 Å². The average molecular weight is 630 g/mol. The Morgan fingerprint density at radius 1 is 1.09 bits per heavy atom. The maximum atomic E-state index is 14.7. The van der Waals surface area contributed by atoms with Crippen LogP contribution in [0.25, 0.3) is 0 Å². The van der Waals surface area contributed by atoms with Gasteiger partial charge in [0, 0.05) is 19.2 Å². The number of aliphatic imine (C=N–C) groups is 1. The Hall–Kier alpha value is -4.08. The first-order chi connectivity index (χ1) is 21.6. The van der Waals surface area contributed by atoms with Crippen LogP contribution in [0.5, 0.6) is 0 Å². The number of benzene rings is 2. The van der Waals surface area contributed by atoms with Gasteiger partial charge >= 0.3 is 0 Å². The summed E-state index contributed by atoms with van der Waals surface area (Å²) in [6.07, 6.45) is 5.39. The Morgan fingerprint density at radius 3 is 2.28 bits per heavy atom. The summed E-state index contributed by atoms with van der Waals surface area (Å²) in [5.41, 5.74) is 13.0. The third-order valence-electron chi connectivity index (χ3n) is 9.46. The summed E-state index contributed by atoms with van der Waals surface area (Å²) >= 11 is 0. The third-order valence-corrected chi connectivity index (χ3v) is 9.46. The Bertz CT molecular complexity index is 1430. The summed E-state index contributed by atoms with van der Waals surface area (Å²) in [7, 11) is 1.97. The Balaban J connectivity index is 1.69. The SMILES string of the molecule is CN(Cc1ccccc1)C1=NC2(CCC(C(C)(C)C)CC2)N(C(CCC(C)(C)C)c2ccc(C(=O)NC/C(N)=N/N=[NH2+])cc2)C1=O. The van der Waals surface area contributed by atoms with E-state index in [0.717, 1.165) is 49.7 Å². The van der Waals surface area contributed by atoms with E-state index in [9.17, 15) is 9.59 Å². The second kappa shape index (κ2) is 14.1. The first kappa shape index (κ1) is 34.8. The zero-order valence-electron chi connectivity index (χ0n) is 28.7. The number of hydrogen-bond acceptors (Lipinski definition) is 5. The van der Waals surface area contributed by atoms with Crippen LogP contribution in [-0.4, -0.2) is 52.5 Å². The molecule has 1 spiro atoms. The van der Waals surface area contributed by atoms with Crippen molar-refractivity contribution < 1.29 is 15.1 Å². The minimum absolute atomic E-state index is 0.0200. The van der Waals surface area contributed by atoms with Crippen molar-refractivity contribution in [2.45, 2.75) is 98.3 Å². The highest BCUT2D eigenvalue weighted by atomic mass is 16.2. The molecule has 10 heteroatoms. The molecule has 2 aromatic rings. The first-order valence-corrected chi connectivity index (χ1v) is 16.4. The lowest BCUT2D eigenvalue weighted by Crippen LogP contribution is -2.52. The summed E-state index contributed by atoms with van der Waals surface area (Å²) in [5.74, 6) is 0.906. The lowest BCUT2D eigenvalue weighted by molar-refractivity contribution is -0.221. The lowest BCUT2D eigenvalue weighted by Gasteiger charge is -2.47. The fraction of sp³-hybridized carbons (Fsp3) is 0.556. The zero-order valence-corrected chi connectivity index (χ0v) is 28.7. The van der Waals surface area contributed by atoms with Crippen molar-refractivity contribution in [1.82, 2.24) is 15.1 Å². The van der Waals surface area contributed by atoms with Gasteiger partial charge in [-0.25, -0.2) is 4.99 Å². The number of nitrogens with one attached hydrogen (secondary N) is 1. The number of rotatable bonds is 10. The molecule has 0 radical (unpaired) electrons. The topological polar surface area (TPSA) is 141 Å². The Labute approximate surface area is 274 Å². The molecule has 0 bridgehead atoms. The number of nitrogens with zero attached hydrogens (tertiary/aromatic N) is 5. The average Bonchev–Trinajstić information content (AvgIpc) is 3.27. The molecule has 1 aliphatic heterocycles. The highest BCUT2D eigenvalue weighted by Gasteiger charge is 2.53. The maximum Gasteiger partial charge on any atom is 0.291 e. The number of nitrogens with two attached hydrogens (primary N) is 2. The second-order valence-electron chi connectivity index (χ2n) is 15.2. The predicted octanol–water partition coefficient (Wildman–Crippen LogP) is 5.07. The summed E-state index contributed by atoms with van der Waals surface area (Å²) in [5, 5.41) is 9.44. The number of amides is 2. The van der Waals surface area contributed by atoms with E-state index in [2.05, 4.69) is 74.2 Å². The molecule has 1 aliphatic carbocycles. The normalized spacial score (nSPS) is 21.2. The molecule has 2 aromatic carbocycles. The summed E-state index contributed by atoms with van der Waals surface area (Å²) in [6.45, 7) is 14.3. The van der Waals surface area contributed by atoms with Crippen molar-refractivity contribution >= 4 is 23.5 Å². The minimum atomic E-state index is -0.609. The van der Waals surface area contributed by atoms with Crippen LogP contribution < -0.4 is 16.6 Å². The van der Waals surface area contributed by atoms with Gasteiger partial charge in [-0.05, 0) is 78.5 Å². The van der Waals surface area contributed by atoms with Gasteiger partial charge in [0.1, 0.15) is 17.4 Å². The Kier molecular flexibility index (Phi) is 10.7. The van der Waals surface area contributed by atoms with Gasteiger partial charge in [0.05, 0.1) is 11.1 Å². The molecule has 46 heavy (non-hydrogen) atoms. The van der Waals surface area contributed by atoms with Crippen LogP contribution in [0.4, 0.5) is 0 Å². The largest absolute Gasteiger partial charge is 0.363 e. The summed E-state index contributed by atoms with van der Waals surface area (Å²) < 4.78 is 0. The van der Waals surface area contributed by atoms with E-state index in [1.165, 1.54) is 0 Å². The molecule has 1 fully saturated rings. The quantitative estimate of drug-likeness (QED) is 0.146. The fourth-order valence-corrected chi connectivity index (χ4v) is 6.76. The molecule has 4 rings (SSSR count). The lowest BCUT2D eigenvalue weighted by atomic mass is 9.69. The van der Waals surface area contributed by atoms with E-state index in [0.29, 0.717) is 23.9 Å². The number of carbonyl (C=O) groups is 2. The van der Waals surface area contributed by atoms with Crippen molar-refractivity contribution in [1.29, 1.82) is 0 Å². The zero-order chi connectivity index (χ0) is 33.7. The molecule has 5 N–H and O–H groups in total. The van der Waals surface area contributed by atoms with Gasteiger partial charge in [-0.1, -0.05) is 84.0 Å². The minimum Gasteiger partial charge on any atom is -0.363 e. The van der Waals surface area contributed by atoms with Crippen LogP contribution in [0, 0.1) is 16.7 Å². The molecule has 0 aromatic heterocycles. The molecule has 2 amide bonds. The van der Waals surface area contributed by atoms with Crippen LogP contribution in [0.2, 0.25) is 0 Å². The van der Waals surface area contributed by atoms with Gasteiger partial charge in [0.15, 0.2) is 5.84 Å². The molecule has 2 aliphatic rings. The van der Waals surface area contributed by atoms with E-state index in [1.807, 2.05) is 54.4 Å². The summed E-state index contributed by atoms with van der Waals surface area (Å²) in [4.78, 5) is 37.0. The van der Waals surface area contributed by atoms with Crippen molar-refractivity contribution in [3.05, 3.63) is 71.3 Å². The molecule has 248 valence electrons. The highest BCUT2D eigenvalue weighted by Crippen LogP contribution is 2.50. The smallest absolute Gasteiger partial charge is 0.291 e. The van der Waals surface area contributed by atoms with Gasteiger partial charge in [0.2, 0.25) is 0 Å². The Morgan fingerprint density at radius 2 is 1.72 bits per heavy atom. The maximum absolute atomic E-state index is 14.7. The molecular weight excluding hydrogens is 576 g/mol. The number of carbonyl (C=O) groups excluding carboxylic acids is 2. The van der Waals surface area contributed by atoms with Gasteiger partial charge in [-0.3, -0.25) is 9.59 Å². The molecular formula is C36H53N8O2+. The van der Waals surface area contributed by atoms with Crippen LogP contribution >= 0.6 is 0 Å². The van der Waals surface area contributed by atoms with Gasteiger partial charge in [-0.15, -0.1) is 0 Å². The van der Waals surface area contributed by atoms with Crippen molar-refractivity contribution in [2.75, 3.05) is 13.6 Å². The third kappa shape index (κ3) is 8.39. The molecule has 1 unspecified atom stereocenters. The predicted molar refractivity (Wildman–Crippen MR) is 183 cm³/mol. The number of hydrogen-bond donors (Lipinski definition) is 3. The summed E-state index contributed by atoms with van der Waals surface area (Å²) in [6, 6.07) is 17.6. The van der Waals surface area contributed by atoms with Crippen LogP contribution in [0.3, 0.4) is 0 Å². The molecule has 1 atom stereocenters. The van der Waals surface area contributed by atoms with Crippen molar-refractivity contribution in [2.24, 2.45) is 37.8 Å². The molecule has 0 saturated heterocycles. The van der Waals surface area contributed by atoms with E-state index >= 15 is 0 Å². The monoisotopic (exact) mass is 629 g/mol. The van der Waals surface area contributed by atoms with Crippen LogP contribution in [-0.2, 0) is 11.3 Å². The van der Waals surface area contributed by atoms with Crippen molar-refractivity contribution in [3.8, 4) is 0 Å². The van der Waals surface area contributed by atoms with Crippen molar-refractivity contribution in [3.63, 3.8) is 0 Å². The molecule has 1 saturated carbocycles. The van der Waals surface area contributed by atoms with E-state index in [-0.39, 0.29) is 41.1 Å². The fourth-order valence-electron chi connectivity index (χ4n) is 6.76. The number of amidine groups is 2. The number of likely N-dealkylation sites (N-methyl/N-ethyl adjacent to an activating group) is 1. The van der Waals surface area contributed by atoms with Gasteiger partial charge < -0.3 is 20.9 Å². The molecule has 10 nitrogen and oxygen atoms in total. The van der Waals surface area contributed by atoms with E-state index < -0.39 is 5.66 Å². The standard InChI is InChI=1S/C36H52N8O2/c1-34(2,3)20-19-29(26-13-15-27(16-14-26)32(45)39-23-30(37)41-42-38)44-33(46)31(43(7)24-25-11-9-8-10-12-25)40-36(44)21-17-28(18-22-36)35(4,5)6/h8-16,28-29H,17-24H2,1-7H3,(H,39,45)(H3,37,38,41)/p+1. The van der Waals surface area contributed by atoms with E-state index in [1.54, 1.807) is 0 Å². The second-order valence-corrected chi connectivity index (χ2v) is 15.2. The molecule has 1 heterocycles. The highest BCUT2D eigenvalue weighted by molar-refractivity contribution is 6.39. The van der Waals surface area contributed by atoms with E-state index in [4.69, 9.17) is 16.3 Å². The van der Waals surface area contributed by atoms with Crippen LogP contribution in [0.15, 0.2) is 69.9 Å². The van der Waals surface area contributed by atoms with Gasteiger partial charge in [0.25, 0.3) is 17.6 Å².